The topological polar surface area (TPSA) is 30.5 Å². The van der Waals surface area contributed by atoms with Gasteiger partial charge < -0.3 is 14.8 Å². The predicted molar refractivity (Wildman–Crippen MR) is 63.8 cm³/mol. The van der Waals surface area contributed by atoms with Gasteiger partial charge in [-0.3, -0.25) is 0 Å². The molecule has 0 saturated carbocycles. The molecule has 1 aliphatic heterocycles. The van der Waals surface area contributed by atoms with Gasteiger partial charge in [0, 0.05) is 6.54 Å². The Hall–Kier alpha value is -1.06. The zero-order valence-corrected chi connectivity index (χ0v) is 9.52. The normalized spacial score (nSPS) is 20.6. The van der Waals surface area contributed by atoms with Crippen molar-refractivity contribution in [3.8, 4) is 5.75 Å². The van der Waals surface area contributed by atoms with E-state index in [1.54, 1.807) is 0 Å². The van der Waals surface area contributed by atoms with Crippen LogP contribution < -0.4 is 10.1 Å². The molecule has 1 saturated heterocycles. The van der Waals surface area contributed by atoms with Crippen molar-refractivity contribution in [3.05, 3.63) is 30.3 Å². The maximum Gasteiger partial charge on any atom is 0.119 e. The lowest BCUT2D eigenvalue weighted by atomic mass is 10.1. The van der Waals surface area contributed by atoms with Crippen molar-refractivity contribution in [1.29, 1.82) is 0 Å². The number of benzene rings is 1. The van der Waals surface area contributed by atoms with E-state index in [4.69, 9.17) is 9.47 Å². The Morgan fingerprint density at radius 1 is 1.19 bits per heavy atom. The molecule has 0 aromatic heterocycles. The minimum absolute atomic E-state index is 0.369. The van der Waals surface area contributed by atoms with Gasteiger partial charge in [-0.05, 0) is 31.5 Å². The average Bonchev–Trinajstić information content (AvgIpc) is 2.37. The second-order valence-corrected chi connectivity index (χ2v) is 4.00. The molecular weight excluding hydrogens is 202 g/mol. The first-order valence-corrected chi connectivity index (χ1v) is 5.95. The summed E-state index contributed by atoms with van der Waals surface area (Å²) in [6, 6.07) is 9.85. The molecule has 88 valence electrons. The lowest BCUT2D eigenvalue weighted by Gasteiger charge is -2.23. The first-order valence-electron chi connectivity index (χ1n) is 5.95. The third kappa shape index (κ3) is 3.83. The molecule has 1 heterocycles. The summed E-state index contributed by atoms with van der Waals surface area (Å²) in [7, 11) is 0. The predicted octanol–water partition coefficient (Wildman–Crippen LogP) is 1.83. The molecule has 16 heavy (non-hydrogen) atoms. The minimum atomic E-state index is 0.369. The fourth-order valence-corrected chi connectivity index (χ4v) is 1.85. The van der Waals surface area contributed by atoms with Crippen LogP contribution in [0.25, 0.3) is 0 Å². The van der Waals surface area contributed by atoms with E-state index in [0.29, 0.717) is 19.3 Å². The van der Waals surface area contributed by atoms with Crippen molar-refractivity contribution < 1.29 is 9.47 Å². The van der Waals surface area contributed by atoms with Crippen LogP contribution in [-0.4, -0.2) is 32.4 Å². The van der Waals surface area contributed by atoms with Crippen LogP contribution in [0, 0.1) is 0 Å². The molecule has 0 aliphatic carbocycles. The van der Waals surface area contributed by atoms with E-state index in [1.807, 2.05) is 30.3 Å². The van der Waals surface area contributed by atoms with Gasteiger partial charge in [-0.2, -0.15) is 0 Å². The van der Waals surface area contributed by atoms with E-state index in [-0.39, 0.29) is 0 Å². The summed E-state index contributed by atoms with van der Waals surface area (Å²) in [5, 5.41) is 3.33. The highest BCUT2D eigenvalue weighted by molar-refractivity contribution is 5.20. The fraction of sp³-hybridized carbons (Fsp3) is 0.538. The lowest BCUT2D eigenvalue weighted by Crippen LogP contribution is -2.36. The van der Waals surface area contributed by atoms with Crippen molar-refractivity contribution in [1.82, 2.24) is 5.32 Å². The summed E-state index contributed by atoms with van der Waals surface area (Å²) in [6.07, 6.45) is 2.75. The van der Waals surface area contributed by atoms with Crippen molar-refractivity contribution in [2.45, 2.75) is 18.9 Å². The van der Waals surface area contributed by atoms with Crippen LogP contribution >= 0.6 is 0 Å². The fourth-order valence-electron chi connectivity index (χ4n) is 1.85. The molecular formula is C13H19NO2. The van der Waals surface area contributed by atoms with E-state index < -0.39 is 0 Å². The molecule has 3 heteroatoms. The molecule has 1 aliphatic rings. The first kappa shape index (κ1) is 11.4. The third-order valence-corrected chi connectivity index (χ3v) is 2.70. The number of hydrogen-bond donors (Lipinski definition) is 1. The molecule has 1 fully saturated rings. The van der Waals surface area contributed by atoms with Crippen molar-refractivity contribution in [2.24, 2.45) is 0 Å². The summed E-state index contributed by atoms with van der Waals surface area (Å²) in [4.78, 5) is 0. The van der Waals surface area contributed by atoms with Gasteiger partial charge in [-0.15, -0.1) is 0 Å². The Kier molecular flexibility index (Phi) is 4.65. The van der Waals surface area contributed by atoms with E-state index in [1.165, 1.54) is 12.8 Å². The zero-order chi connectivity index (χ0) is 11.1. The highest BCUT2D eigenvalue weighted by Gasteiger charge is 2.12. The molecule has 0 amide bonds. The second-order valence-electron chi connectivity index (χ2n) is 4.00. The molecule has 3 nitrogen and oxygen atoms in total. The van der Waals surface area contributed by atoms with Crippen LogP contribution in [0.15, 0.2) is 30.3 Å². The smallest absolute Gasteiger partial charge is 0.119 e. The Morgan fingerprint density at radius 2 is 2.06 bits per heavy atom. The van der Waals surface area contributed by atoms with E-state index in [2.05, 4.69) is 5.32 Å². The monoisotopic (exact) mass is 221 g/mol. The van der Waals surface area contributed by atoms with Gasteiger partial charge >= 0.3 is 0 Å². The van der Waals surface area contributed by atoms with Crippen LogP contribution in [0.2, 0.25) is 0 Å². The number of ether oxygens (including phenoxy) is 2. The highest BCUT2D eigenvalue weighted by Crippen LogP contribution is 2.09. The van der Waals surface area contributed by atoms with Gasteiger partial charge in [0.25, 0.3) is 0 Å². The molecule has 0 radical (unpaired) electrons. The molecule has 2 rings (SSSR count). The largest absolute Gasteiger partial charge is 0.491 e. The number of para-hydroxylation sites is 1. The first-order chi connectivity index (χ1) is 7.95. The van der Waals surface area contributed by atoms with Crippen LogP contribution in [0.1, 0.15) is 12.8 Å². The Bertz CT molecular complexity index is 283. The zero-order valence-electron chi connectivity index (χ0n) is 9.52. The molecule has 1 aromatic rings. The van der Waals surface area contributed by atoms with E-state index in [0.717, 1.165) is 18.8 Å². The Labute approximate surface area is 96.8 Å². The van der Waals surface area contributed by atoms with Crippen molar-refractivity contribution in [3.63, 3.8) is 0 Å². The highest BCUT2D eigenvalue weighted by atomic mass is 16.5. The van der Waals surface area contributed by atoms with Crippen molar-refractivity contribution >= 4 is 0 Å². The molecule has 1 N–H and O–H groups in total. The molecule has 1 aromatic carbocycles. The Balaban J connectivity index is 1.58. The van der Waals surface area contributed by atoms with Gasteiger partial charge in [-0.1, -0.05) is 18.2 Å². The standard InChI is InChI=1S/C13H19NO2/c1-2-5-12(6-3-1)15-9-10-16-13-7-4-8-14-11-13/h1-3,5-6,13-14H,4,7-11H2/t13-/m0/s1. The number of rotatable bonds is 5. The van der Waals surface area contributed by atoms with Gasteiger partial charge in [0.1, 0.15) is 12.4 Å². The number of piperidine rings is 1. The van der Waals surface area contributed by atoms with Crippen LogP contribution in [-0.2, 0) is 4.74 Å². The van der Waals surface area contributed by atoms with E-state index >= 15 is 0 Å². The maximum absolute atomic E-state index is 5.72. The number of nitrogens with one attached hydrogen (secondary N) is 1. The molecule has 0 unspecified atom stereocenters. The van der Waals surface area contributed by atoms with Gasteiger partial charge in [0.15, 0.2) is 0 Å². The SMILES string of the molecule is c1ccc(OCCO[C@H]2CCCNC2)cc1. The molecule has 0 spiro atoms. The second kappa shape index (κ2) is 6.51. The summed E-state index contributed by atoms with van der Waals surface area (Å²) < 4.78 is 11.3. The number of hydrogen-bond acceptors (Lipinski definition) is 3. The van der Waals surface area contributed by atoms with Crippen LogP contribution in [0.4, 0.5) is 0 Å². The quantitative estimate of drug-likeness (QED) is 0.769. The summed E-state index contributed by atoms with van der Waals surface area (Å²) >= 11 is 0. The Morgan fingerprint density at radius 3 is 2.81 bits per heavy atom. The average molecular weight is 221 g/mol. The minimum Gasteiger partial charge on any atom is -0.491 e. The third-order valence-electron chi connectivity index (χ3n) is 2.70. The van der Waals surface area contributed by atoms with E-state index in [9.17, 15) is 0 Å². The molecule has 0 bridgehead atoms. The maximum atomic E-state index is 5.72. The van der Waals surface area contributed by atoms with Gasteiger partial charge in [-0.25, -0.2) is 0 Å². The van der Waals surface area contributed by atoms with Crippen molar-refractivity contribution in [2.75, 3.05) is 26.3 Å². The summed E-state index contributed by atoms with van der Waals surface area (Å²) in [5.74, 6) is 0.910. The van der Waals surface area contributed by atoms with Gasteiger partial charge in [0.05, 0.1) is 12.7 Å². The lowest BCUT2D eigenvalue weighted by molar-refractivity contribution is 0.0205. The van der Waals surface area contributed by atoms with Crippen LogP contribution in [0.3, 0.4) is 0 Å². The van der Waals surface area contributed by atoms with Gasteiger partial charge in [0.2, 0.25) is 0 Å². The summed E-state index contributed by atoms with van der Waals surface area (Å²) in [5.41, 5.74) is 0. The summed E-state index contributed by atoms with van der Waals surface area (Å²) in [6.45, 7) is 3.40. The molecule has 1 atom stereocenters. The van der Waals surface area contributed by atoms with Crippen LogP contribution in [0.5, 0.6) is 5.75 Å².